The van der Waals surface area contributed by atoms with Crippen molar-refractivity contribution in [2.75, 3.05) is 32.8 Å². The van der Waals surface area contributed by atoms with E-state index in [2.05, 4.69) is 24.0 Å². The Morgan fingerprint density at radius 1 is 1.03 bits per heavy atom. The van der Waals surface area contributed by atoms with Gasteiger partial charge in [0.25, 0.3) is 5.91 Å². The maximum atomic E-state index is 13.9. The van der Waals surface area contributed by atoms with Crippen molar-refractivity contribution in [1.82, 2.24) is 14.8 Å². The third-order valence-electron chi connectivity index (χ3n) is 7.44. The molecule has 2 amide bonds. The minimum atomic E-state index is -1.07. The van der Waals surface area contributed by atoms with E-state index in [-0.39, 0.29) is 24.3 Å². The number of amides is 2. The summed E-state index contributed by atoms with van der Waals surface area (Å²) < 4.78 is 11.9. The molecular weight excluding hydrogens is 454 g/mol. The van der Waals surface area contributed by atoms with Crippen LogP contribution in [0, 0.1) is 0 Å². The fourth-order valence-electron chi connectivity index (χ4n) is 5.77. The van der Waals surface area contributed by atoms with Crippen LogP contribution in [0.3, 0.4) is 0 Å². The number of fused-ring (bicyclic) bond motifs is 5. The number of nitrogens with zero attached hydrogens (tertiary/aromatic N) is 2. The van der Waals surface area contributed by atoms with Crippen molar-refractivity contribution >= 4 is 22.7 Å². The third-order valence-corrected chi connectivity index (χ3v) is 7.44. The Kier molecular flexibility index (Phi) is 6.41. The maximum absolute atomic E-state index is 13.9. The second kappa shape index (κ2) is 9.52. The van der Waals surface area contributed by atoms with Gasteiger partial charge in [0.2, 0.25) is 5.91 Å². The number of benzene rings is 2. The fourth-order valence-corrected chi connectivity index (χ4v) is 5.77. The van der Waals surface area contributed by atoms with Gasteiger partial charge in [0, 0.05) is 29.9 Å². The van der Waals surface area contributed by atoms with E-state index in [1.807, 2.05) is 51.1 Å². The Bertz CT molecular complexity index is 1300. The number of aromatic nitrogens is 1. The van der Waals surface area contributed by atoms with Crippen LogP contribution in [0.4, 0.5) is 0 Å². The lowest BCUT2D eigenvalue weighted by Gasteiger charge is -2.51. The molecule has 0 saturated carbocycles. The Morgan fingerprint density at radius 2 is 1.83 bits per heavy atom. The summed E-state index contributed by atoms with van der Waals surface area (Å²) >= 11 is 0. The highest BCUT2D eigenvalue weighted by Crippen LogP contribution is 2.49. The lowest BCUT2D eigenvalue weighted by atomic mass is 9.76. The smallest absolute Gasteiger partial charge is 0.254 e. The molecule has 7 nitrogen and oxygen atoms in total. The Hall–Kier alpha value is -3.48. The molecule has 5 rings (SSSR count). The molecule has 3 heterocycles. The van der Waals surface area contributed by atoms with Crippen LogP contribution in [-0.4, -0.2) is 59.4 Å². The molecular formula is C29H35N3O4. The van der Waals surface area contributed by atoms with Crippen molar-refractivity contribution in [2.24, 2.45) is 0 Å². The number of piperazine rings is 1. The predicted octanol–water partition coefficient (Wildman–Crippen LogP) is 4.80. The van der Waals surface area contributed by atoms with Crippen LogP contribution < -0.4 is 9.47 Å². The largest absolute Gasteiger partial charge is 0.490 e. The van der Waals surface area contributed by atoms with Gasteiger partial charge in [-0.15, -0.1) is 0 Å². The molecule has 2 aromatic carbocycles. The lowest BCUT2D eigenvalue weighted by Crippen LogP contribution is -2.67. The number of ether oxygens (including phenoxy) is 2. The molecule has 0 aliphatic carbocycles. The normalized spacial score (nSPS) is 21.5. The molecule has 7 heteroatoms. The van der Waals surface area contributed by atoms with Gasteiger partial charge in [-0.2, -0.15) is 0 Å². The zero-order valence-corrected chi connectivity index (χ0v) is 21.6. The SMILES string of the molecule is CCCOc1ccc(C2CN3C(=O)CN(CCC)C(=O)C3(C)c3[nH]c4ccccc4c32)cc1OCC. The lowest BCUT2D eigenvalue weighted by molar-refractivity contribution is -0.166. The standard InChI is InChI=1S/C29H35N3O4/c1-5-14-31-18-25(33)32-17-21(19-12-13-23(36-15-6-2)24(16-19)35-7-3)26-20-10-8-9-11-22(20)30-27(26)29(32,4)28(31)34/h8-13,16,21,30H,5-7,14-15,17-18H2,1-4H3. The van der Waals surface area contributed by atoms with Crippen LogP contribution >= 0.6 is 0 Å². The average Bonchev–Trinajstić information content (AvgIpc) is 3.28. The Morgan fingerprint density at radius 3 is 2.58 bits per heavy atom. The molecule has 0 radical (unpaired) electrons. The highest BCUT2D eigenvalue weighted by molar-refractivity contribution is 6.01. The minimum Gasteiger partial charge on any atom is -0.490 e. The molecule has 1 fully saturated rings. The molecule has 1 aromatic heterocycles. The van der Waals surface area contributed by atoms with Gasteiger partial charge in [0.15, 0.2) is 17.0 Å². The first-order chi connectivity index (χ1) is 17.4. The van der Waals surface area contributed by atoms with Crippen molar-refractivity contribution in [3.8, 4) is 11.5 Å². The summed E-state index contributed by atoms with van der Waals surface area (Å²) in [6, 6.07) is 14.2. The molecule has 36 heavy (non-hydrogen) atoms. The van der Waals surface area contributed by atoms with Crippen LogP contribution in [0.15, 0.2) is 42.5 Å². The number of nitrogens with one attached hydrogen (secondary N) is 1. The minimum absolute atomic E-state index is 0.0199. The van der Waals surface area contributed by atoms with Gasteiger partial charge in [0.1, 0.15) is 0 Å². The number of para-hydroxylation sites is 1. The van der Waals surface area contributed by atoms with Crippen molar-refractivity contribution in [3.05, 3.63) is 59.3 Å². The number of hydrogen-bond acceptors (Lipinski definition) is 4. The highest BCUT2D eigenvalue weighted by atomic mass is 16.5. The first-order valence-electron chi connectivity index (χ1n) is 13.0. The van der Waals surface area contributed by atoms with Gasteiger partial charge >= 0.3 is 0 Å². The molecule has 0 bridgehead atoms. The summed E-state index contributed by atoms with van der Waals surface area (Å²) in [4.78, 5) is 34.4. The molecule has 3 aromatic rings. The van der Waals surface area contributed by atoms with Gasteiger partial charge in [-0.05, 0) is 56.0 Å². The van der Waals surface area contributed by atoms with E-state index in [1.54, 1.807) is 9.80 Å². The summed E-state index contributed by atoms with van der Waals surface area (Å²) in [6.07, 6.45) is 1.72. The second-order valence-corrected chi connectivity index (χ2v) is 9.80. The number of carbonyl (C=O) groups excluding carboxylic acids is 2. The van der Waals surface area contributed by atoms with E-state index >= 15 is 0 Å². The molecule has 190 valence electrons. The average molecular weight is 490 g/mol. The molecule has 0 spiro atoms. The van der Waals surface area contributed by atoms with E-state index < -0.39 is 5.54 Å². The predicted molar refractivity (Wildman–Crippen MR) is 139 cm³/mol. The van der Waals surface area contributed by atoms with E-state index in [1.165, 1.54) is 0 Å². The Labute approximate surface area is 212 Å². The van der Waals surface area contributed by atoms with Crippen LogP contribution in [0.1, 0.15) is 63.3 Å². The van der Waals surface area contributed by atoms with Gasteiger partial charge < -0.3 is 24.3 Å². The summed E-state index contributed by atoms with van der Waals surface area (Å²) in [6.45, 7) is 10.2. The first-order valence-corrected chi connectivity index (χ1v) is 13.0. The number of hydrogen-bond donors (Lipinski definition) is 1. The monoisotopic (exact) mass is 489 g/mol. The van der Waals surface area contributed by atoms with E-state index in [4.69, 9.17) is 9.47 Å². The topological polar surface area (TPSA) is 74.9 Å². The maximum Gasteiger partial charge on any atom is 0.254 e. The van der Waals surface area contributed by atoms with E-state index in [9.17, 15) is 9.59 Å². The highest BCUT2D eigenvalue weighted by Gasteiger charge is 2.56. The van der Waals surface area contributed by atoms with Crippen LogP contribution in [-0.2, 0) is 15.1 Å². The van der Waals surface area contributed by atoms with Gasteiger partial charge in [-0.1, -0.05) is 38.1 Å². The number of carbonyl (C=O) groups is 2. The van der Waals surface area contributed by atoms with Crippen molar-refractivity contribution < 1.29 is 19.1 Å². The molecule has 2 aliphatic heterocycles. The third kappa shape index (κ3) is 3.72. The number of H-pyrrole nitrogens is 1. The second-order valence-electron chi connectivity index (χ2n) is 9.80. The zero-order chi connectivity index (χ0) is 25.4. The van der Waals surface area contributed by atoms with E-state index in [0.717, 1.165) is 46.3 Å². The van der Waals surface area contributed by atoms with Crippen molar-refractivity contribution in [2.45, 2.75) is 52.0 Å². The van der Waals surface area contributed by atoms with Gasteiger partial charge in [-0.3, -0.25) is 9.59 Å². The van der Waals surface area contributed by atoms with Crippen LogP contribution in [0.5, 0.6) is 11.5 Å². The van der Waals surface area contributed by atoms with E-state index in [0.29, 0.717) is 32.1 Å². The summed E-state index contributed by atoms with van der Waals surface area (Å²) in [5.41, 5.74) is 2.82. The van der Waals surface area contributed by atoms with Gasteiger partial charge in [-0.25, -0.2) is 0 Å². The quantitative estimate of drug-likeness (QED) is 0.493. The Balaban J connectivity index is 1.68. The molecule has 1 saturated heterocycles. The number of rotatable bonds is 8. The summed E-state index contributed by atoms with van der Waals surface area (Å²) in [5.74, 6) is 1.27. The van der Waals surface area contributed by atoms with Gasteiger partial charge in [0.05, 0.1) is 25.5 Å². The zero-order valence-electron chi connectivity index (χ0n) is 21.6. The molecule has 2 atom stereocenters. The first kappa shape index (κ1) is 24.2. The van der Waals surface area contributed by atoms with Crippen molar-refractivity contribution in [1.29, 1.82) is 0 Å². The molecule has 2 unspecified atom stereocenters. The van der Waals surface area contributed by atoms with Crippen LogP contribution in [0.2, 0.25) is 0 Å². The molecule has 2 aliphatic rings. The number of aromatic amines is 1. The van der Waals surface area contributed by atoms with Crippen LogP contribution in [0.25, 0.3) is 10.9 Å². The summed E-state index contributed by atoms with van der Waals surface area (Å²) in [5, 5.41) is 1.08. The van der Waals surface area contributed by atoms with Crippen molar-refractivity contribution in [3.63, 3.8) is 0 Å². The fraction of sp³-hybridized carbons (Fsp3) is 0.448. The molecule has 1 N–H and O–H groups in total. The summed E-state index contributed by atoms with van der Waals surface area (Å²) in [7, 11) is 0.